The fourth-order valence-corrected chi connectivity index (χ4v) is 1.74. The van der Waals surface area contributed by atoms with Gasteiger partial charge in [0.05, 0.1) is 15.4 Å². The van der Waals surface area contributed by atoms with Crippen molar-refractivity contribution in [1.82, 2.24) is 4.98 Å². The van der Waals surface area contributed by atoms with E-state index < -0.39 is 11.6 Å². The van der Waals surface area contributed by atoms with Crippen LogP contribution in [0.5, 0.6) is 0 Å². The quantitative estimate of drug-likeness (QED) is 0.639. The number of pyridine rings is 1. The number of aromatic nitrogens is 1. The Bertz CT molecular complexity index is 547. The summed E-state index contributed by atoms with van der Waals surface area (Å²) in [4.78, 5) is 3.78. The van der Waals surface area contributed by atoms with Gasteiger partial charge in [0.1, 0.15) is 5.52 Å². The second-order valence-electron chi connectivity index (χ2n) is 3.13. The zero-order valence-electron chi connectivity index (χ0n) is 7.61. The first-order chi connectivity index (χ1) is 7.02. The molecule has 0 bridgehead atoms. The van der Waals surface area contributed by atoms with Gasteiger partial charge in [-0.25, -0.2) is 8.78 Å². The summed E-state index contributed by atoms with van der Waals surface area (Å²) in [6, 6.07) is 0.887. The second kappa shape index (κ2) is 3.58. The Balaban J connectivity index is 3.04. The monoisotopic (exact) mass is 247 g/mol. The summed E-state index contributed by atoms with van der Waals surface area (Å²) >= 11 is 11.4. The largest absolute Gasteiger partial charge is 0.253 e. The molecule has 1 aromatic heterocycles. The first-order valence-corrected chi connectivity index (χ1v) is 4.86. The highest BCUT2D eigenvalue weighted by atomic mass is 35.5. The molecule has 1 nitrogen and oxygen atoms in total. The van der Waals surface area contributed by atoms with E-state index in [9.17, 15) is 8.78 Å². The van der Waals surface area contributed by atoms with Gasteiger partial charge in [0, 0.05) is 6.20 Å². The van der Waals surface area contributed by atoms with Crippen LogP contribution in [0.15, 0.2) is 12.3 Å². The number of hydrogen-bond donors (Lipinski definition) is 0. The van der Waals surface area contributed by atoms with Gasteiger partial charge >= 0.3 is 0 Å². The molecule has 0 unspecified atom stereocenters. The van der Waals surface area contributed by atoms with Crippen LogP contribution in [0.3, 0.4) is 0 Å². The van der Waals surface area contributed by atoms with Gasteiger partial charge in [0.2, 0.25) is 0 Å². The number of halogens is 4. The van der Waals surface area contributed by atoms with Gasteiger partial charge in [0.15, 0.2) is 11.6 Å². The van der Waals surface area contributed by atoms with Crippen molar-refractivity contribution in [2.45, 2.75) is 6.92 Å². The Morgan fingerprint density at radius 1 is 1.27 bits per heavy atom. The maximum absolute atomic E-state index is 13.6. The van der Waals surface area contributed by atoms with Crippen LogP contribution in [0.2, 0.25) is 10.0 Å². The van der Waals surface area contributed by atoms with Gasteiger partial charge in [-0.1, -0.05) is 23.2 Å². The Labute approximate surface area is 94.6 Å². The van der Waals surface area contributed by atoms with E-state index in [0.717, 1.165) is 6.07 Å². The van der Waals surface area contributed by atoms with Crippen molar-refractivity contribution in [3.8, 4) is 0 Å². The maximum Gasteiger partial charge on any atom is 0.152 e. The van der Waals surface area contributed by atoms with Gasteiger partial charge < -0.3 is 0 Å². The molecule has 0 saturated carbocycles. The molecule has 0 saturated heterocycles. The molecule has 0 spiro atoms. The number of benzene rings is 1. The SMILES string of the molecule is Cc1cnc2c(F)cc(Cl)c(F)c2c1Cl. The summed E-state index contributed by atoms with van der Waals surface area (Å²) < 4.78 is 27.0. The lowest BCUT2D eigenvalue weighted by Gasteiger charge is -2.06. The van der Waals surface area contributed by atoms with Crippen LogP contribution in [0.25, 0.3) is 10.9 Å². The Morgan fingerprint density at radius 2 is 1.93 bits per heavy atom. The van der Waals surface area contributed by atoms with E-state index in [4.69, 9.17) is 23.2 Å². The smallest absolute Gasteiger partial charge is 0.152 e. The van der Waals surface area contributed by atoms with Crippen molar-refractivity contribution in [2.24, 2.45) is 0 Å². The average molecular weight is 248 g/mol. The molecule has 0 amide bonds. The number of aryl methyl sites for hydroxylation is 1. The lowest BCUT2D eigenvalue weighted by molar-refractivity contribution is 0.615. The normalized spacial score (nSPS) is 11.0. The molecule has 78 valence electrons. The van der Waals surface area contributed by atoms with Crippen LogP contribution < -0.4 is 0 Å². The number of rotatable bonds is 0. The van der Waals surface area contributed by atoms with E-state index in [-0.39, 0.29) is 20.9 Å². The lowest BCUT2D eigenvalue weighted by Crippen LogP contribution is -1.92. The van der Waals surface area contributed by atoms with Crippen LogP contribution >= 0.6 is 23.2 Å². The van der Waals surface area contributed by atoms with E-state index in [1.54, 1.807) is 6.92 Å². The zero-order valence-corrected chi connectivity index (χ0v) is 9.13. The van der Waals surface area contributed by atoms with Crippen LogP contribution in [-0.4, -0.2) is 4.98 Å². The molecule has 1 heterocycles. The molecule has 2 rings (SSSR count). The molecule has 0 fully saturated rings. The summed E-state index contributed by atoms with van der Waals surface area (Å²) in [6.07, 6.45) is 1.39. The van der Waals surface area contributed by atoms with E-state index in [1.807, 2.05) is 0 Å². The molecule has 2 aromatic rings. The molecular formula is C10H5Cl2F2N. The first-order valence-electron chi connectivity index (χ1n) is 4.10. The van der Waals surface area contributed by atoms with E-state index >= 15 is 0 Å². The number of fused-ring (bicyclic) bond motifs is 1. The van der Waals surface area contributed by atoms with Gasteiger partial charge in [0.25, 0.3) is 0 Å². The molecule has 15 heavy (non-hydrogen) atoms. The van der Waals surface area contributed by atoms with Crippen molar-refractivity contribution < 1.29 is 8.78 Å². The fraction of sp³-hybridized carbons (Fsp3) is 0.100. The molecule has 0 atom stereocenters. The number of hydrogen-bond acceptors (Lipinski definition) is 1. The predicted molar refractivity (Wildman–Crippen MR) is 56.4 cm³/mol. The maximum atomic E-state index is 13.6. The average Bonchev–Trinajstić information content (AvgIpc) is 2.19. The highest BCUT2D eigenvalue weighted by Gasteiger charge is 2.16. The van der Waals surface area contributed by atoms with Crippen molar-refractivity contribution in [2.75, 3.05) is 0 Å². The highest BCUT2D eigenvalue weighted by Crippen LogP contribution is 2.32. The van der Waals surface area contributed by atoms with E-state index in [2.05, 4.69) is 4.98 Å². The molecule has 0 radical (unpaired) electrons. The summed E-state index contributed by atoms with van der Waals surface area (Å²) in [5.74, 6) is -1.42. The molecule has 1 aromatic carbocycles. The van der Waals surface area contributed by atoms with E-state index in [1.165, 1.54) is 6.20 Å². The van der Waals surface area contributed by atoms with Crippen LogP contribution in [-0.2, 0) is 0 Å². The molecule has 0 N–H and O–H groups in total. The molecule has 5 heteroatoms. The third-order valence-electron chi connectivity index (χ3n) is 2.10. The topological polar surface area (TPSA) is 12.9 Å². The van der Waals surface area contributed by atoms with E-state index in [0.29, 0.717) is 5.56 Å². The van der Waals surface area contributed by atoms with Gasteiger partial charge in [-0.3, -0.25) is 4.98 Å². The van der Waals surface area contributed by atoms with Crippen LogP contribution in [0.4, 0.5) is 8.78 Å². The van der Waals surface area contributed by atoms with Crippen molar-refractivity contribution in [1.29, 1.82) is 0 Å². The second-order valence-corrected chi connectivity index (χ2v) is 3.92. The zero-order chi connectivity index (χ0) is 11.2. The minimum absolute atomic E-state index is 0.0679. The predicted octanol–water partition coefficient (Wildman–Crippen LogP) is 4.13. The van der Waals surface area contributed by atoms with Gasteiger partial charge in [-0.15, -0.1) is 0 Å². The van der Waals surface area contributed by atoms with Crippen LogP contribution in [0.1, 0.15) is 5.56 Å². The third-order valence-corrected chi connectivity index (χ3v) is 2.86. The number of nitrogens with zero attached hydrogens (tertiary/aromatic N) is 1. The fourth-order valence-electron chi connectivity index (χ4n) is 1.33. The minimum Gasteiger partial charge on any atom is -0.253 e. The van der Waals surface area contributed by atoms with Crippen LogP contribution in [0, 0.1) is 18.6 Å². The van der Waals surface area contributed by atoms with Crippen molar-refractivity contribution >= 4 is 34.1 Å². The molecular weight excluding hydrogens is 243 g/mol. The minimum atomic E-state index is -0.741. The summed E-state index contributed by atoms with van der Waals surface area (Å²) in [7, 11) is 0. The Hall–Kier alpha value is -0.930. The highest BCUT2D eigenvalue weighted by molar-refractivity contribution is 6.37. The molecule has 0 aliphatic carbocycles. The van der Waals surface area contributed by atoms with Crippen molar-refractivity contribution in [3.63, 3.8) is 0 Å². The van der Waals surface area contributed by atoms with Gasteiger partial charge in [-0.05, 0) is 18.6 Å². The summed E-state index contributed by atoms with van der Waals surface area (Å²) in [6.45, 7) is 1.66. The Kier molecular flexibility index (Phi) is 2.52. The van der Waals surface area contributed by atoms with Crippen molar-refractivity contribution in [3.05, 3.63) is 39.5 Å². The molecule has 0 aliphatic rings. The molecule has 0 aliphatic heterocycles. The summed E-state index contributed by atoms with van der Waals surface area (Å²) in [5, 5.41) is -0.227. The first kappa shape index (κ1) is 10.6. The third kappa shape index (κ3) is 1.56. The van der Waals surface area contributed by atoms with Gasteiger partial charge in [-0.2, -0.15) is 0 Å². The lowest BCUT2D eigenvalue weighted by atomic mass is 10.1. The Morgan fingerprint density at radius 3 is 2.60 bits per heavy atom. The summed E-state index contributed by atoms with van der Waals surface area (Å²) in [5.41, 5.74) is 0.470. The standard InChI is InChI=1S/C10H5Cl2F2N/c1-4-3-15-10-6(13)2-5(11)9(14)7(10)8(4)12/h2-3H,1H3.